The van der Waals surface area contributed by atoms with Gasteiger partial charge in [0.25, 0.3) is 11.8 Å². The molecule has 4 aliphatic heterocycles. The molecule has 5 fully saturated rings. The lowest BCUT2D eigenvalue weighted by molar-refractivity contribution is -0.197. The minimum Gasteiger partial charge on any atom is -0.446 e. The number of alkyl carbamates (subject to hydrolysis) is 7. The van der Waals surface area contributed by atoms with Gasteiger partial charge in [0.05, 0.1) is 30.6 Å². The summed E-state index contributed by atoms with van der Waals surface area (Å²) in [5.74, 6) is -10.5. The Morgan fingerprint density at radius 1 is 0.366 bits per heavy atom. The fourth-order valence-corrected chi connectivity index (χ4v) is 19.9. The minimum atomic E-state index is -1.50. The van der Waals surface area contributed by atoms with Crippen LogP contribution in [0.25, 0.3) is 0 Å². The molecule has 1 saturated carbocycles. The number of imide groups is 1. The van der Waals surface area contributed by atoms with Crippen molar-refractivity contribution in [1.82, 2.24) is 72.5 Å². The summed E-state index contributed by atoms with van der Waals surface area (Å²) in [6.07, 6.45) is 0.388. The smallest absolute Gasteiger partial charge is 0.409 e. The summed E-state index contributed by atoms with van der Waals surface area (Å²) >= 11 is 0. The highest BCUT2D eigenvalue weighted by Crippen LogP contribution is 2.69. The van der Waals surface area contributed by atoms with Gasteiger partial charge in [0.2, 0.25) is 59.3 Å². The monoisotopic (exact) mass is 2160 g/mol. The number of nitrogens with zero attached hydrogens (tertiary/aromatic N) is 5. The topological polar surface area (TPSA) is 687 Å². The largest absolute Gasteiger partial charge is 0.446 e. The molecule has 18 amide bonds. The number of hydrogen-bond donors (Lipinski definition) is 13. The summed E-state index contributed by atoms with van der Waals surface area (Å²) in [6.45, 7) is 30.1. The summed E-state index contributed by atoms with van der Waals surface area (Å²) in [6, 6.07) is 0. The predicted octanol–water partition coefficient (Wildman–Crippen LogP) is 5.83. The van der Waals surface area contributed by atoms with Gasteiger partial charge in [0.1, 0.15) is 42.2 Å². The van der Waals surface area contributed by atoms with Crippen LogP contribution in [-0.4, -0.2) is 315 Å². The van der Waals surface area contributed by atoms with Crippen LogP contribution < -0.4 is 70.8 Å². The van der Waals surface area contributed by atoms with Crippen molar-refractivity contribution in [2.75, 3.05) is 118 Å². The number of carbonyl (C=O) groups is 22. The maximum absolute atomic E-state index is 13.7. The molecule has 0 aromatic carbocycles. The molecule has 17 N–H and O–H groups in total. The number of amides is 18. The van der Waals surface area contributed by atoms with Crippen molar-refractivity contribution in [2.24, 2.45) is 40.7 Å². The number of ether oxygens (including phenoxy) is 8. The zero-order valence-corrected chi connectivity index (χ0v) is 89.3. The number of unbranched alkanes of at least 4 members (excludes halogenated alkanes) is 3. The van der Waals surface area contributed by atoms with E-state index in [1.807, 2.05) is 0 Å². The minimum absolute atomic E-state index is 0.00280. The van der Waals surface area contributed by atoms with Crippen molar-refractivity contribution in [3.05, 3.63) is 38.0 Å². The highest BCUT2D eigenvalue weighted by Gasteiger charge is 2.59. The highest BCUT2D eigenvalue weighted by atomic mass is 33.2. The molecule has 0 unspecified atom stereocenters. The van der Waals surface area contributed by atoms with E-state index in [2.05, 4.69) is 67.6 Å². The van der Waals surface area contributed by atoms with Crippen molar-refractivity contribution in [3.8, 4) is 0 Å². The average molecular weight is 2170 g/mol. The molecule has 0 bridgehead atoms. The van der Waals surface area contributed by atoms with E-state index in [1.54, 1.807) is 83.1 Å². The molecule has 4 heterocycles. The number of hydroxylamine groups is 2. The first-order valence-electron chi connectivity index (χ1n) is 47.1. The molecule has 1 aliphatic carbocycles. The van der Waals surface area contributed by atoms with E-state index in [4.69, 9.17) is 65.7 Å². The lowest BCUT2D eigenvalue weighted by Gasteiger charge is -2.28. The zero-order valence-electron chi connectivity index (χ0n) is 84.4. The Labute approximate surface area is 867 Å². The summed E-state index contributed by atoms with van der Waals surface area (Å²) in [5.41, 5.74) is 19.1. The second-order valence-corrected chi connectivity index (χ2v) is 45.6. The van der Waals surface area contributed by atoms with Crippen LogP contribution in [0.5, 0.6) is 0 Å². The Morgan fingerprint density at radius 3 is 0.890 bits per heavy atom. The van der Waals surface area contributed by atoms with Crippen molar-refractivity contribution < 1.29 is 148 Å². The van der Waals surface area contributed by atoms with Gasteiger partial charge in [-0.3, -0.25) is 83.1 Å². The van der Waals surface area contributed by atoms with Crippen molar-refractivity contribution in [1.29, 1.82) is 0 Å². The van der Waals surface area contributed by atoms with E-state index in [0.717, 1.165) is 12.8 Å². The third-order valence-electron chi connectivity index (χ3n) is 20.2. The van der Waals surface area contributed by atoms with Crippen molar-refractivity contribution in [3.63, 3.8) is 0 Å². The second-order valence-electron chi connectivity index (χ2n) is 37.0. The number of hydrogen-bond acceptors (Lipinski definition) is 38. The molecule has 5 aliphatic rings. The number of nitrogens with one attached hydrogen (secondary N) is 9. The molecule has 0 aromatic rings. The van der Waals surface area contributed by atoms with Crippen molar-refractivity contribution >= 4 is 196 Å². The van der Waals surface area contributed by atoms with Crippen LogP contribution in [0.4, 0.5) is 33.6 Å². The maximum Gasteiger partial charge on any atom is 0.409 e. The molecule has 3 atom stereocenters. The van der Waals surface area contributed by atoms with Crippen LogP contribution in [0.15, 0.2) is 38.0 Å². The molecular formula is C90H144N18O31S6. The van der Waals surface area contributed by atoms with E-state index < -0.39 is 191 Å². The molecule has 5 rings (SSSR count). The third-order valence-corrected chi connectivity index (χ3v) is 28.8. The van der Waals surface area contributed by atoms with Crippen LogP contribution in [0.1, 0.15) is 218 Å². The summed E-state index contributed by atoms with van der Waals surface area (Å²) < 4.78 is 38.2. The average Bonchev–Trinajstić information content (AvgIpc) is 1.63. The Morgan fingerprint density at radius 2 is 0.634 bits per heavy atom. The Kier molecular flexibility index (Phi) is 56.5. The van der Waals surface area contributed by atoms with Gasteiger partial charge in [-0.2, -0.15) is 0 Å². The van der Waals surface area contributed by atoms with Crippen molar-refractivity contribution in [2.45, 2.75) is 259 Å². The number of ketones is 2. The first-order chi connectivity index (χ1) is 67.9. The third kappa shape index (κ3) is 53.7. The zero-order chi connectivity index (χ0) is 109. The molecule has 4 saturated heterocycles. The van der Waals surface area contributed by atoms with E-state index >= 15 is 0 Å². The van der Waals surface area contributed by atoms with Gasteiger partial charge in [-0.1, -0.05) is 57.2 Å². The summed E-state index contributed by atoms with van der Waals surface area (Å²) in [7, 11) is 8.01. The molecular weight excluding hydrogens is 2020 g/mol. The van der Waals surface area contributed by atoms with Gasteiger partial charge in [0.15, 0.2) is 24.2 Å². The fourth-order valence-electron chi connectivity index (χ4n) is 13.1. The standard InChI is InChI=1S/C46H76N10O14S4.C33H49N5O14.C11H19N3O3S2/c1-9-29-67-41(65)53-45(71-72-45)31(37(47)61)15-11-13-21-49-33(57)19-25-55(35(59)17-23-51-39(63)69-43(3,4)5)27-28-56(36(60)18-24-52-40(64)70-44(6,7)8)26-20-34(58)50-22-14-12-16-32(38(48)62)46(73-74-46)54-42(66)68-30-10-2;1-32(2,3)50-30(47)34-15-11-23(41)36(17-13-27(45)49-29-21(39)7-8-22(29)40)19-20-37(24(42)12-16-35-31(48)51-33(4,5)6)18-14-28(46)52-38-25(43)9-10-26(38)44;1-2-7-17-10(16)14-11(18-19-11)8(9(13)15)5-3-4-6-12/h9-10,31-32H,1-2,11-30H2,3-8H3,(H2,47,61)(H2,48,62)(H,49,57)(H,50,58)(H,51,63)(H,52,64)(H,53,65)(H,54,66);29H,7-20H2,1-6H3,(H,34,47)(H,35,48);2,8H,1,3-7,12H2,(H2,13,15)(H,14,16)/t31-,32-;;8-/m0.0/s1. The number of carbonyl (C=O) groups excluding carboxylic acids is 22. The molecule has 145 heavy (non-hydrogen) atoms. The molecule has 816 valence electrons. The lowest BCUT2D eigenvalue weighted by Crippen LogP contribution is -2.46. The lowest BCUT2D eigenvalue weighted by atomic mass is 10.0. The first-order valence-corrected chi connectivity index (χ1v) is 53.6. The van der Waals surface area contributed by atoms with E-state index in [-0.39, 0.29) is 187 Å². The van der Waals surface area contributed by atoms with Gasteiger partial charge in [-0.15, -0.1) is 5.06 Å². The normalized spacial score (nSPS) is 15.1. The van der Waals surface area contributed by atoms with E-state index in [1.165, 1.54) is 103 Å². The quantitative estimate of drug-likeness (QED) is 0.00497. The van der Waals surface area contributed by atoms with E-state index in [0.29, 0.717) is 56.6 Å². The Bertz CT molecular complexity index is 4210. The predicted molar refractivity (Wildman–Crippen MR) is 539 cm³/mol. The summed E-state index contributed by atoms with van der Waals surface area (Å²) in [5, 5.41) is 24.1. The Hall–Kier alpha value is -11.2. The number of esters is 1. The molecule has 0 spiro atoms. The Balaban J connectivity index is 0.000000653. The van der Waals surface area contributed by atoms with Gasteiger partial charge >= 0.3 is 54.6 Å². The van der Waals surface area contributed by atoms with Crippen LogP contribution >= 0.6 is 64.8 Å². The number of primary amides is 3. The fraction of sp³-hybridized carbons (Fsp3) is 0.689. The van der Waals surface area contributed by atoms with Crippen LogP contribution in [0.2, 0.25) is 0 Å². The van der Waals surface area contributed by atoms with Crippen LogP contribution in [0, 0.1) is 17.8 Å². The highest BCUT2D eigenvalue weighted by molar-refractivity contribution is 8.94. The number of nitrogens with two attached hydrogens (primary N) is 4. The molecule has 0 aromatic heterocycles. The maximum atomic E-state index is 13.7. The number of Topliss-reactive ketones (excluding diaryl/α,β-unsaturated/α-hetero) is 2. The van der Waals surface area contributed by atoms with Gasteiger partial charge in [-0.05, 0) is 193 Å². The van der Waals surface area contributed by atoms with Crippen LogP contribution in [0.3, 0.4) is 0 Å². The summed E-state index contributed by atoms with van der Waals surface area (Å²) in [4.78, 5) is 284. The molecule has 49 nitrogen and oxygen atoms in total. The van der Waals surface area contributed by atoms with Gasteiger partial charge in [0, 0.05) is 156 Å². The van der Waals surface area contributed by atoms with Gasteiger partial charge in [-0.25, -0.2) is 38.4 Å². The molecule has 55 heteroatoms. The second kappa shape index (κ2) is 64.1. The number of rotatable bonds is 61. The van der Waals surface area contributed by atoms with Crippen LogP contribution in [-0.2, 0) is 115 Å². The first kappa shape index (κ1) is 128. The molecule has 0 radical (unpaired) electrons. The van der Waals surface area contributed by atoms with E-state index in [9.17, 15) is 105 Å². The SMILES string of the molecule is C=CCOC(=O)NC1([C@@H](CCCCN)C(N)=O)SS1.C=CCOC(=O)NC1([C@@H](CCCCNC(=O)CCN(CCN(CCC(=O)NCCCC[C@@H](C(N)=O)C2(NC(=O)OCC=C)SS2)C(=O)CCNC(=O)OC(C)(C)C)C(=O)CCNC(=O)OC(C)(C)C)C(N)=O)SS1.CC(C)(C)OC(=O)NCCC(=O)N(CCC(=O)OC1C(=O)CCC1=O)CCN(CCC(=O)ON1C(=O)CCC1=O)C(=O)CCNC(=O)OC(C)(C)C. The van der Waals surface area contributed by atoms with Gasteiger partial charge < -0.3 is 117 Å².